The third kappa shape index (κ3) is 5.64. The Hall–Kier alpha value is -3.39. The molecule has 0 saturated heterocycles. The van der Waals surface area contributed by atoms with E-state index in [2.05, 4.69) is 12.2 Å². The molecule has 2 aromatic carbocycles. The number of hydrogen-bond donors (Lipinski definition) is 2. The molecule has 0 fully saturated rings. The highest BCUT2D eigenvalue weighted by atomic mass is 32.2. The van der Waals surface area contributed by atoms with Gasteiger partial charge in [-0.05, 0) is 60.4 Å². The van der Waals surface area contributed by atoms with Crippen molar-refractivity contribution in [1.82, 2.24) is 5.32 Å². The van der Waals surface area contributed by atoms with E-state index in [0.29, 0.717) is 59.1 Å². The summed E-state index contributed by atoms with van der Waals surface area (Å²) in [5, 5.41) is 13.6. The van der Waals surface area contributed by atoms with Crippen molar-refractivity contribution in [1.29, 1.82) is 0 Å². The second-order valence-corrected chi connectivity index (χ2v) is 10.5. The Kier molecular flexibility index (Phi) is 8.48. The van der Waals surface area contributed by atoms with Gasteiger partial charge in [0.05, 0.1) is 19.8 Å². The number of hydrogen-bond acceptors (Lipinski definition) is 8. The number of Topliss-reactive ketones (excluding diaryl/α,β-unsaturated/α-hetero) is 1. The lowest BCUT2D eigenvalue weighted by molar-refractivity contribution is -0.138. The minimum absolute atomic E-state index is 0.0405. The smallest absolute Gasteiger partial charge is 0.336 e. The molecule has 1 aliphatic carbocycles. The number of aromatic hydroxyl groups is 1. The van der Waals surface area contributed by atoms with Crippen LogP contribution in [0.4, 0.5) is 0 Å². The van der Waals surface area contributed by atoms with Crippen LogP contribution in [0.3, 0.4) is 0 Å². The van der Waals surface area contributed by atoms with Crippen LogP contribution in [0.15, 0.2) is 65.0 Å². The SMILES string of the molecule is CCSCCOC(=O)C1=C(C)NC2=C(C(=O)C[C@@H](c3ccc(OC)c(OC)c3)C2)[C@@H]1c1cccc(O)c1. The largest absolute Gasteiger partial charge is 0.508 e. The van der Waals surface area contributed by atoms with Gasteiger partial charge in [0.25, 0.3) is 0 Å². The van der Waals surface area contributed by atoms with Gasteiger partial charge in [-0.3, -0.25) is 4.79 Å². The van der Waals surface area contributed by atoms with Crippen LogP contribution in [0.5, 0.6) is 17.2 Å². The molecule has 0 radical (unpaired) electrons. The number of phenolic OH excluding ortho intramolecular Hbond substituents is 1. The molecule has 0 unspecified atom stereocenters. The summed E-state index contributed by atoms with van der Waals surface area (Å²) in [5.74, 6) is 1.81. The molecule has 1 aliphatic heterocycles. The number of rotatable bonds is 9. The molecule has 0 aromatic heterocycles. The molecule has 1 heterocycles. The number of thioether (sulfide) groups is 1. The molecule has 0 saturated carbocycles. The van der Waals surface area contributed by atoms with Crippen molar-refractivity contribution in [3.63, 3.8) is 0 Å². The topological polar surface area (TPSA) is 94.1 Å². The first-order valence-electron chi connectivity index (χ1n) is 12.4. The Balaban J connectivity index is 1.71. The quantitative estimate of drug-likeness (QED) is 0.348. The van der Waals surface area contributed by atoms with E-state index in [1.165, 1.54) is 0 Å². The second-order valence-electron chi connectivity index (χ2n) is 9.06. The Morgan fingerprint density at radius 2 is 1.86 bits per heavy atom. The maximum absolute atomic E-state index is 13.7. The maximum Gasteiger partial charge on any atom is 0.336 e. The number of ketones is 1. The first-order valence-corrected chi connectivity index (χ1v) is 13.5. The van der Waals surface area contributed by atoms with Crippen molar-refractivity contribution in [2.24, 2.45) is 0 Å². The number of carbonyl (C=O) groups excluding carboxylic acids is 2. The van der Waals surface area contributed by atoms with E-state index in [-0.39, 0.29) is 17.5 Å². The molecule has 2 aliphatic rings. The molecule has 8 heteroatoms. The first kappa shape index (κ1) is 26.7. The van der Waals surface area contributed by atoms with Gasteiger partial charge < -0.3 is 24.6 Å². The minimum atomic E-state index is -0.617. The Morgan fingerprint density at radius 1 is 1.08 bits per heavy atom. The minimum Gasteiger partial charge on any atom is -0.508 e. The zero-order valence-electron chi connectivity index (χ0n) is 21.6. The molecule has 2 aromatic rings. The van der Waals surface area contributed by atoms with Gasteiger partial charge in [0.2, 0.25) is 0 Å². The molecule has 4 rings (SSSR count). The number of ether oxygens (including phenoxy) is 3. The molecule has 0 bridgehead atoms. The molecule has 37 heavy (non-hydrogen) atoms. The van der Waals surface area contributed by atoms with E-state index in [1.807, 2.05) is 31.2 Å². The normalized spacial score (nSPS) is 19.3. The lowest BCUT2D eigenvalue weighted by Crippen LogP contribution is -2.36. The Labute approximate surface area is 221 Å². The molecule has 0 amide bonds. The van der Waals surface area contributed by atoms with Crippen LogP contribution in [0.2, 0.25) is 0 Å². The molecular weight excluding hydrogens is 490 g/mol. The van der Waals surface area contributed by atoms with Crippen molar-refractivity contribution in [2.75, 3.05) is 32.3 Å². The van der Waals surface area contributed by atoms with Crippen LogP contribution >= 0.6 is 11.8 Å². The van der Waals surface area contributed by atoms with Gasteiger partial charge in [-0.1, -0.05) is 25.1 Å². The first-order chi connectivity index (χ1) is 17.9. The highest BCUT2D eigenvalue weighted by Crippen LogP contribution is 2.46. The van der Waals surface area contributed by atoms with Crippen molar-refractivity contribution < 1.29 is 28.9 Å². The molecule has 0 spiro atoms. The van der Waals surface area contributed by atoms with Crippen LogP contribution in [0, 0.1) is 0 Å². The average molecular weight is 524 g/mol. The Bertz CT molecular complexity index is 1250. The number of dihydropyridines is 1. The number of carbonyl (C=O) groups is 2. The Morgan fingerprint density at radius 3 is 2.57 bits per heavy atom. The number of methoxy groups -OCH3 is 2. The van der Waals surface area contributed by atoms with Crippen LogP contribution in [-0.2, 0) is 14.3 Å². The standard InChI is InChI=1S/C29H33NO6S/c1-5-37-12-11-36-29(33)26-17(2)30-22-14-20(18-9-10-24(34-3)25(16-18)35-4)15-23(32)28(22)27(26)19-7-6-8-21(31)13-19/h6-10,13,16,20,27,30-31H,5,11-12,14-15H2,1-4H3/t20-,27+/m0/s1. The van der Waals surface area contributed by atoms with Gasteiger partial charge in [-0.25, -0.2) is 4.79 Å². The van der Waals surface area contributed by atoms with Gasteiger partial charge in [-0.2, -0.15) is 11.8 Å². The predicted molar refractivity (Wildman–Crippen MR) is 144 cm³/mol. The van der Waals surface area contributed by atoms with Gasteiger partial charge >= 0.3 is 5.97 Å². The fourth-order valence-electron chi connectivity index (χ4n) is 5.11. The van der Waals surface area contributed by atoms with E-state index < -0.39 is 11.9 Å². The summed E-state index contributed by atoms with van der Waals surface area (Å²) in [6.45, 7) is 4.18. The summed E-state index contributed by atoms with van der Waals surface area (Å²) in [6, 6.07) is 12.5. The summed E-state index contributed by atoms with van der Waals surface area (Å²) >= 11 is 1.70. The molecule has 2 atom stereocenters. The second kappa shape index (κ2) is 11.8. The van der Waals surface area contributed by atoms with Crippen molar-refractivity contribution in [3.05, 3.63) is 76.1 Å². The van der Waals surface area contributed by atoms with Crippen molar-refractivity contribution in [3.8, 4) is 17.2 Å². The van der Waals surface area contributed by atoms with Crippen LogP contribution in [0.25, 0.3) is 0 Å². The number of benzene rings is 2. The van der Waals surface area contributed by atoms with Crippen molar-refractivity contribution >= 4 is 23.5 Å². The third-order valence-electron chi connectivity index (χ3n) is 6.79. The summed E-state index contributed by atoms with van der Waals surface area (Å²) in [7, 11) is 3.18. The molecule has 196 valence electrons. The highest BCUT2D eigenvalue weighted by molar-refractivity contribution is 7.99. The van der Waals surface area contributed by atoms with Crippen LogP contribution < -0.4 is 14.8 Å². The number of esters is 1. The number of allylic oxidation sites excluding steroid dienone is 3. The van der Waals surface area contributed by atoms with Gasteiger partial charge in [0, 0.05) is 35.1 Å². The summed E-state index contributed by atoms with van der Waals surface area (Å²) in [4.78, 5) is 27.0. The monoisotopic (exact) mass is 523 g/mol. The predicted octanol–water partition coefficient (Wildman–Crippen LogP) is 5.07. The average Bonchev–Trinajstić information content (AvgIpc) is 2.89. The van der Waals surface area contributed by atoms with Crippen molar-refractivity contribution in [2.45, 2.75) is 38.5 Å². The maximum atomic E-state index is 13.7. The van der Waals surface area contributed by atoms with E-state index >= 15 is 0 Å². The number of nitrogens with one attached hydrogen (secondary N) is 1. The fourth-order valence-corrected chi connectivity index (χ4v) is 5.59. The van der Waals surface area contributed by atoms with E-state index in [0.717, 1.165) is 17.0 Å². The van der Waals surface area contributed by atoms with Gasteiger partial charge in [-0.15, -0.1) is 0 Å². The fraction of sp³-hybridized carbons (Fsp3) is 0.379. The number of phenols is 1. The lowest BCUT2D eigenvalue weighted by atomic mass is 9.71. The zero-order chi connectivity index (χ0) is 26.5. The van der Waals surface area contributed by atoms with E-state index in [9.17, 15) is 14.7 Å². The zero-order valence-corrected chi connectivity index (χ0v) is 22.4. The third-order valence-corrected chi connectivity index (χ3v) is 7.66. The molecule has 7 nitrogen and oxygen atoms in total. The summed E-state index contributed by atoms with van der Waals surface area (Å²) < 4.78 is 16.4. The molecule has 2 N–H and O–H groups in total. The van der Waals surface area contributed by atoms with Crippen LogP contribution in [-0.4, -0.2) is 49.2 Å². The van der Waals surface area contributed by atoms with Gasteiger partial charge in [0.1, 0.15) is 12.4 Å². The molecular formula is C29H33NO6S. The highest BCUT2D eigenvalue weighted by Gasteiger charge is 2.41. The summed E-state index contributed by atoms with van der Waals surface area (Å²) in [6.07, 6.45) is 0.887. The van der Waals surface area contributed by atoms with Gasteiger partial charge in [0.15, 0.2) is 17.3 Å². The van der Waals surface area contributed by atoms with Crippen LogP contribution in [0.1, 0.15) is 49.7 Å². The lowest BCUT2D eigenvalue weighted by Gasteiger charge is -2.36. The summed E-state index contributed by atoms with van der Waals surface area (Å²) in [5.41, 5.74) is 4.07. The van der Waals surface area contributed by atoms with E-state index in [4.69, 9.17) is 14.2 Å². The van der Waals surface area contributed by atoms with E-state index in [1.54, 1.807) is 44.2 Å².